The lowest BCUT2D eigenvalue weighted by atomic mass is 10.1. The van der Waals surface area contributed by atoms with E-state index in [0.717, 1.165) is 21.5 Å². The van der Waals surface area contributed by atoms with Crippen LogP contribution in [0.3, 0.4) is 0 Å². The second kappa shape index (κ2) is 9.77. The number of thiophene rings is 1. The molecule has 6 nitrogen and oxygen atoms in total. The summed E-state index contributed by atoms with van der Waals surface area (Å²) in [5, 5.41) is 14.7. The molecule has 0 atom stereocenters. The molecule has 0 spiro atoms. The van der Waals surface area contributed by atoms with Crippen molar-refractivity contribution in [2.45, 2.75) is 20.0 Å². The Balaban J connectivity index is 1.60. The Labute approximate surface area is 191 Å². The molecule has 1 amide bonds. The third kappa shape index (κ3) is 4.72. The van der Waals surface area contributed by atoms with E-state index in [0.29, 0.717) is 36.7 Å². The first-order chi connectivity index (χ1) is 15.6. The van der Waals surface area contributed by atoms with Crippen molar-refractivity contribution in [2.75, 3.05) is 20.3 Å². The van der Waals surface area contributed by atoms with Gasteiger partial charge in [0, 0.05) is 25.6 Å². The minimum atomic E-state index is -0.0294. The second-order valence-corrected chi connectivity index (χ2v) is 8.62. The number of carbonyl (C=O) groups excluding carboxylic acids is 1. The summed E-state index contributed by atoms with van der Waals surface area (Å²) in [7, 11) is 1.63. The van der Waals surface area contributed by atoms with E-state index in [9.17, 15) is 4.79 Å². The molecule has 0 aliphatic carbocycles. The molecule has 2 aromatic heterocycles. The number of hydrogen-bond donors (Lipinski definition) is 0. The van der Waals surface area contributed by atoms with Crippen LogP contribution in [0.5, 0.6) is 0 Å². The highest BCUT2D eigenvalue weighted by atomic mass is 32.1. The number of aromatic nitrogens is 2. The molecule has 0 aliphatic rings. The SMILES string of the molecule is COCCN(Cc1ccc(C#N)cc1)C(=O)c1cc2c(C)nn(Cc3ccccc3)c2s1. The Morgan fingerprint density at radius 3 is 2.59 bits per heavy atom. The quantitative estimate of drug-likeness (QED) is 0.398. The second-order valence-electron chi connectivity index (χ2n) is 7.59. The molecule has 0 N–H and O–H groups in total. The van der Waals surface area contributed by atoms with Crippen LogP contribution in [-0.2, 0) is 17.8 Å². The van der Waals surface area contributed by atoms with Gasteiger partial charge in [0.2, 0.25) is 0 Å². The Morgan fingerprint density at radius 1 is 1.16 bits per heavy atom. The van der Waals surface area contributed by atoms with Crippen molar-refractivity contribution in [1.29, 1.82) is 5.26 Å². The minimum absolute atomic E-state index is 0.0294. The number of nitrogens with zero attached hydrogens (tertiary/aromatic N) is 4. The lowest BCUT2D eigenvalue weighted by molar-refractivity contribution is 0.0685. The molecule has 2 heterocycles. The highest BCUT2D eigenvalue weighted by Gasteiger charge is 2.21. The maximum atomic E-state index is 13.4. The fourth-order valence-corrected chi connectivity index (χ4v) is 4.73. The summed E-state index contributed by atoms with van der Waals surface area (Å²) in [6.07, 6.45) is 0. The highest BCUT2D eigenvalue weighted by Crippen LogP contribution is 2.30. The molecule has 7 heteroatoms. The van der Waals surface area contributed by atoms with Crippen molar-refractivity contribution in [1.82, 2.24) is 14.7 Å². The van der Waals surface area contributed by atoms with Crippen LogP contribution in [-0.4, -0.2) is 40.8 Å². The van der Waals surface area contributed by atoms with Crippen LogP contribution in [0.1, 0.15) is 32.1 Å². The third-order valence-corrected chi connectivity index (χ3v) is 6.44. The van der Waals surface area contributed by atoms with Gasteiger partial charge in [0.05, 0.1) is 35.4 Å². The summed E-state index contributed by atoms with van der Waals surface area (Å²) in [5.41, 5.74) is 3.66. The molecule has 0 unspecified atom stereocenters. The molecule has 32 heavy (non-hydrogen) atoms. The molecule has 0 aliphatic heterocycles. The first-order valence-corrected chi connectivity index (χ1v) is 11.2. The van der Waals surface area contributed by atoms with Crippen molar-refractivity contribution >= 4 is 27.5 Å². The fourth-order valence-electron chi connectivity index (χ4n) is 3.60. The van der Waals surface area contributed by atoms with E-state index in [4.69, 9.17) is 10.00 Å². The fraction of sp³-hybridized carbons (Fsp3) is 0.240. The van der Waals surface area contributed by atoms with Gasteiger partial charge in [-0.1, -0.05) is 42.5 Å². The average Bonchev–Trinajstić information content (AvgIpc) is 3.38. The van der Waals surface area contributed by atoms with Gasteiger partial charge >= 0.3 is 0 Å². The molecule has 0 fully saturated rings. The number of methoxy groups -OCH3 is 1. The number of nitriles is 1. The zero-order valence-electron chi connectivity index (χ0n) is 18.1. The Kier molecular flexibility index (Phi) is 6.64. The van der Waals surface area contributed by atoms with Crippen molar-refractivity contribution in [3.8, 4) is 6.07 Å². The zero-order chi connectivity index (χ0) is 22.5. The Hall–Kier alpha value is -3.47. The van der Waals surface area contributed by atoms with E-state index in [2.05, 4.69) is 23.3 Å². The number of ether oxygens (including phenoxy) is 1. The van der Waals surface area contributed by atoms with Crippen molar-refractivity contribution in [2.24, 2.45) is 0 Å². The van der Waals surface area contributed by atoms with Crippen molar-refractivity contribution in [3.05, 3.63) is 87.9 Å². The lowest BCUT2D eigenvalue weighted by Crippen LogP contribution is -2.33. The van der Waals surface area contributed by atoms with E-state index in [1.54, 1.807) is 24.1 Å². The average molecular weight is 445 g/mol. The lowest BCUT2D eigenvalue weighted by Gasteiger charge is -2.22. The summed E-state index contributed by atoms with van der Waals surface area (Å²) >= 11 is 1.48. The van der Waals surface area contributed by atoms with Crippen LogP contribution >= 0.6 is 11.3 Å². The number of benzene rings is 2. The number of hydrogen-bond acceptors (Lipinski definition) is 5. The number of carbonyl (C=O) groups is 1. The molecule has 2 aromatic carbocycles. The van der Waals surface area contributed by atoms with Gasteiger partial charge in [0.25, 0.3) is 5.91 Å². The summed E-state index contributed by atoms with van der Waals surface area (Å²) in [6, 6.07) is 21.6. The monoisotopic (exact) mass is 444 g/mol. The number of aryl methyl sites for hydroxylation is 1. The molecule has 162 valence electrons. The molecular weight excluding hydrogens is 420 g/mol. The minimum Gasteiger partial charge on any atom is -0.383 e. The van der Waals surface area contributed by atoms with Gasteiger partial charge in [-0.3, -0.25) is 9.48 Å². The summed E-state index contributed by atoms with van der Waals surface area (Å²) < 4.78 is 7.21. The molecule has 4 rings (SSSR count). The van der Waals surface area contributed by atoms with Crippen LogP contribution in [0.15, 0.2) is 60.7 Å². The molecule has 0 radical (unpaired) electrons. The van der Waals surface area contributed by atoms with Crippen molar-refractivity contribution in [3.63, 3.8) is 0 Å². The molecule has 0 saturated heterocycles. The topological polar surface area (TPSA) is 71.2 Å². The number of fused-ring (bicyclic) bond motifs is 1. The largest absolute Gasteiger partial charge is 0.383 e. The van der Waals surface area contributed by atoms with Crippen LogP contribution < -0.4 is 0 Å². The van der Waals surface area contributed by atoms with E-state index in [1.165, 1.54) is 16.9 Å². The Morgan fingerprint density at radius 2 is 1.91 bits per heavy atom. The standard InChI is InChI=1S/C25H24N4O2S/c1-18-22-14-23(32-25(22)29(27-18)17-20-6-4-3-5-7-20)24(30)28(12-13-31-2)16-21-10-8-19(15-26)9-11-21/h3-11,14H,12-13,16-17H2,1-2H3. The van der Waals surface area contributed by atoms with Gasteiger partial charge in [0.1, 0.15) is 4.83 Å². The Bertz CT molecular complexity index is 1250. The summed E-state index contributed by atoms with van der Waals surface area (Å²) in [4.78, 5) is 16.9. The third-order valence-electron chi connectivity index (χ3n) is 5.30. The predicted molar refractivity (Wildman–Crippen MR) is 126 cm³/mol. The van der Waals surface area contributed by atoms with Gasteiger partial charge in [-0.05, 0) is 36.2 Å². The van der Waals surface area contributed by atoms with Crippen LogP contribution in [0.25, 0.3) is 10.2 Å². The molecule has 0 saturated carbocycles. The van der Waals surface area contributed by atoms with E-state index < -0.39 is 0 Å². The number of rotatable bonds is 8. The van der Waals surface area contributed by atoms with Crippen LogP contribution in [0.4, 0.5) is 0 Å². The van der Waals surface area contributed by atoms with Gasteiger partial charge in [-0.25, -0.2) is 0 Å². The smallest absolute Gasteiger partial charge is 0.264 e. The normalized spacial score (nSPS) is 10.9. The van der Waals surface area contributed by atoms with Crippen LogP contribution in [0.2, 0.25) is 0 Å². The first-order valence-electron chi connectivity index (χ1n) is 10.4. The molecule has 0 bridgehead atoms. The molecule has 4 aromatic rings. The van der Waals surface area contributed by atoms with E-state index in [1.807, 2.05) is 48.0 Å². The van der Waals surface area contributed by atoms with E-state index in [-0.39, 0.29) is 5.91 Å². The van der Waals surface area contributed by atoms with Gasteiger partial charge in [0.15, 0.2) is 0 Å². The maximum absolute atomic E-state index is 13.4. The van der Waals surface area contributed by atoms with Gasteiger partial charge < -0.3 is 9.64 Å². The predicted octanol–water partition coefficient (Wildman–Crippen LogP) is 4.62. The first kappa shape index (κ1) is 21.8. The maximum Gasteiger partial charge on any atom is 0.264 e. The van der Waals surface area contributed by atoms with Gasteiger partial charge in [-0.15, -0.1) is 11.3 Å². The van der Waals surface area contributed by atoms with E-state index >= 15 is 0 Å². The summed E-state index contributed by atoms with van der Waals surface area (Å²) in [5.74, 6) is -0.0294. The molecular formula is C25H24N4O2S. The zero-order valence-corrected chi connectivity index (χ0v) is 18.9. The highest BCUT2D eigenvalue weighted by molar-refractivity contribution is 7.20. The number of amides is 1. The summed E-state index contributed by atoms with van der Waals surface area (Å²) in [6.45, 7) is 4.03. The van der Waals surface area contributed by atoms with Crippen molar-refractivity contribution < 1.29 is 9.53 Å². The van der Waals surface area contributed by atoms with Gasteiger partial charge in [-0.2, -0.15) is 10.4 Å². The van der Waals surface area contributed by atoms with Crippen LogP contribution in [0, 0.1) is 18.3 Å².